The monoisotopic (exact) mass is 292 g/mol. The van der Waals surface area contributed by atoms with E-state index in [4.69, 9.17) is 16.3 Å². The first-order valence-electron chi connectivity index (χ1n) is 6.65. The van der Waals surface area contributed by atoms with E-state index in [1.54, 1.807) is 0 Å². The van der Waals surface area contributed by atoms with Gasteiger partial charge in [0.15, 0.2) is 0 Å². The van der Waals surface area contributed by atoms with E-state index in [0.717, 1.165) is 33.9 Å². The van der Waals surface area contributed by atoms with Crippen molar-refractivity contribution in [3.05, 3.63) is 41.4 Å². The minimum Gasteiger partial charge on any atom is -0.492 e. The molecular weight excluding hydrogens is 276 g/mol. The highest BCUT2D eigenvalue weighted by Gasteiger charge is 2.36. The molecule has 100 valence electrons. The van der Waals surface area contributed by atoms with Crippen molar-refractivity contribution in [1.29, 1.82) is 0 Å². The molecule has 0 aliphatic heterocycles. The fourth-order valence-corrected chi connectivity index (χ4v) is 3.25. The van der Waals surface area contributed by atoms with E-state index in [1.807, 2.05) is 30.3 Å². The second kappa shape index (κ2) is 5.26. The summed E-state index contributed by atoms with van der Waals surface area (Å²) in [4.78, 5) is 0. The van der Waals surface area contributed by atoms with Crippen molar-refractivity contribution >= 4 is 35.0 Å². The van der Waals surface area contributed by atoms with Gasteiger partial charge in [0.2, 0.25) is 0 Å². The van der Waals surface area contributed by atoms with Crippen LogP contribution in [0.1, 0.15) is 19.3 Å². The van der Waals surface area contributed by atoms with Gasteiger partial charge in [-0.05, 0) is 30.7 Å². The molecule has 3 heteroatoms. The molecule has 0 bridgehead atoms. The molecule has 1 fully saturated rings. The highest BCUT2D eigenvalue weighted by molar-refractivity contribution is 7.80. The Morgan fingerprint density at radius 1 is 1.11 bits per heavy atom. The second-order valence-electron chi connectivity index (χ2n) is 5.39. The number of rotatable bonds is 4. The Kier molecular flexibility index (Phi) is 3.64. The summed E-state index contributed by atoms with van der Waals surface area (Å²) in [6, 6.07) is 12.0. The first-order valence-corrected chi connectivity index (χ1v) is 7.66. The Morgan fingerprint density at radius 2 is 1.84 bits per heavy atom. The van der Waals surface area contributed by atoms with Crippen LogP contribution in [-0.2, 0) is 0 Å². The third kappa shape index (κ3) is 2.44. The van der Waals surface area contributed by atoms with Gasteiger partial charge in [-0.3, -0.25) is 0 Å². The molecule has 0 heterocycles. The lowest BCUT2D eigenvalue weighted by atomic mass is 9.71. The molecule has 1 saturated carbocycles. The molecule has 3 rings (SSSR count). The molecule has 0 aromatic heterocycles. The highest BCUT2D eigenvalue weighted by Crippen LogP contribution is 2.42. The van der Waals surface area contributed by atoms with Crippen molar-refractivity contribution < 1.29 is 4.74 Å². The van der Waals surface area contributed by atoms with Crippen LogP contribution in [0.4, 0.5) is 0 Å². The molecule has 2 aromatic rings. The Hall–Kier alpha value is -0.860. The summed E-state index contributed by atoms with van der Waals surface area (Å²) in [5.74, 6) is 1.83. The van der Waals surface area contributed by atoms with E-state index >= 15 is 0 Å². The maximum absolute atomic E-state index is 6.22. The van der Waals surface area contributed by atoms with Gasteiger partial charge in [0.1, 0.15) is 5.75 Å². The van der Waals surface area contributed by atoms with Crippen LogP contribution < -0.4 is 4.74 Å². The van der Waals surface area contributed by atoms with Crippen LogP contribution in [0.5, 0.6) is 5.75 Å². The molecule has 0 saturated heterocycles. The molecule has 0 unspecified atom stereocenters. The fraction of sp³-hybridized carbons (Fsp3) is 0.375. The number of benzene rings is 2. The summed E-state index contributed by atoms with van der Waals surface area (Å²) in [5, 5.41) is 2.91. The molecular formula is C16H17ClOS. The lowest BCUT2D eigenvalue weighted by Gasteiger charge is -2.40. The zero-order valence-electron chi connectivity index (χ0n) is 10.7. The molecule has 0 amide bonds. The van der Waals surface area contributed by atoms with Crippen molar-refractivity contribution in [2.75, 3.05) is 12.4 Å². The van der Waals surface area contributed by atoms with E-state index in [9.17, 15) is 0 Å². The van der Waals surface area contributed by atoms with Crippen LogP contribution in [0.25, 0.3) is 10.8 Å². The normalized spacial score (nSPS) is 17.2. The maximum atomic E-state index is 6.22. The van der Waals surface area contributed by atoms with Gasteiger partial charge >= 0.3 is 0 Å². The van der Waals surface area contributed by atoms with Gasteiger partial charge in [-0.15, -0.1) is 0 Å². The molecule has 0 atom stereocenters. The van der Waals surface area contributed by atoms with Gasteiger partial charge in [-0.2, -0.15) is 12.6 Å². The standard InChI is InChI=1S/C16H17ClOS/c17-14-6-7-15(13-5-2-1-4-12(13)14)18-10-16(11-19)8-3-9-16/h1-2,4-7,19H,3,8-11H2. The van der Waals surface area contributed by atoms with Gasteiger partial charge in [-0.25, -0.2) is 0 Å². The van der Waals surface area contributed by atoms with Gasteiger partial charge in [0.05, 0.1) is 6.61 Å². The fourth-order valence-electron chi connectivity index (χ4n) is 2.62. The van der Waals surface area contributed by atoms with E-state index in [-0.39, 0.29) is 5.41 Å². The predicted octanol–water partition coefficient (Wildman–Crippen LogP) is 4.97. The summed E-state index contributed by atoms with van der Waals surface area (Å²) in [5.41, 5.74) is 0.282. The topological polar surface area (TPSA) is 9.23 Å². The van der Waals surface area contributed by atoms with Crippen LogP contribution in [0.3, 0.4) is 0 Å². The van der Waals surface area contributed by atoms with Crippen molar-refractivity contribution in [3.8, 4) is 5.75 Å². The molecule has 0 radical (unpaired) electrons. The average Bonchev–Trinajstić information content (AvgIpc) is 2.41. The number of hydrogen-bond donors (Lipinski definition) is 1. The summed E-state index contributed by atoms with van der Waals surface area (Å²) < 4.78 is 6.06. The van der Waals surface area contributed by atoms with Crippen LogP contribution in [0.2, 0.25) is 5.02 Å². The van der Waals surface area contributed by atoms with Crippen molar-refractivity contribution in [1.82, 2.24) is 0 Å². The van der Waals surface area contributed by atoms with E-state index in [2.05, 4.69) is 18.7 Å². The molecule has 1 aliphatic carbocycles. The predicted molar refractivity (Wildman–Crippen MR) is 84.6 cm³/mol. The van der Waals surface area contributed by atoms with E-state index < -0.39 is 0 Å². The largest absolute Gasteiger partial charge is 0.492 e. The van der Waals surface area contributed by atoms with E-state index in [1.165, 1.54) is 19.3 Å². The molecule has 0 spiro atoms. The number of ether oxygens (including phenoxy) is 1. The zero-order valence-corrected chi connectivity index (χ0v) is 12.4. The SMILES string of the molecule is SCC1(COc2ccc(Cl)c3ccccc23)CCC1. The van der Waals surface area contributed by atoms with Crippen LogP contribution >= 0.6 is 24.2 Å². The zero-order chi connectivity index (χ0) is 13.3. The van der Waals surface area contributed by atoms with Gasteiger partial charge < -0.3 is 4.74 Å². The first-order chi connectivity index (χ1) is 9.24. The summed E-state index contributed by atoms with van der Waals surface area (Å²) >= 11 is 10.7. The Morgan fingerprint density at radius 3 is 2.47 bits per heavy atom. The lowest BCUT2D eigenvalue weighted by molar-refractivity contribution is 0.0839. The number of hydrogen-bond acceptors (Lipinski definition) is 2. The summed E-state index contributed by atoms with van der Waals surface area (Å²) in [6.07, 6.45) is 3.75. The Bertz CT molecular complexity index is 587. The summed E-state index contributed by atoms with van der Waals surface area (Å²) in [6.45, 7) is 0.752. The van der Waals surface area contributed by atoms with E-state index in [0.29, 0.717) is 0 Å². The van der Waals surface area contributed by atoms with Gasteiger partial charge in [0, 0.05) is 21.2 Å². The minimum absolute atomic E-state index is 0.282. The third-order valence-electron chi connectivity index (χ3n) is 4.11. The van der Waals surface area contributed by atoms with Crippen LogP contribution in [0.15, 0.2) is 36.4 Å². The number of halogens is 1. The minimum atomic E-state index is 0.282. The van der Waals surface area contributed by atoms with Gasteiger partial charge in [0.25, 0.3) is 0 Å². The van der Waals surface area contributed by atoms with Crippen molar-refractivity contribution in [2.45, 2.75) is 19.3 Å². The lowest BCUT2D eigenvalue weighted by Crippen LogP contribution is -2.37. The smallest absolute Gasteiger partial charge is 0.127 e. The second-order valence-corrected chi connectivity index (χ2v) is 6.11. The first kappa shape index (κ1) is 13.1. The maximum Gasteiger partial charge on any atom is 0.127 e. The average molecular weight is 293 g/mol. The molecule has 1 nitrogen and oxygen atoms in total. The molecule has 1 aliphatic rings. The van der Waals surface area contributed by atoms with Gasteiger partial charge in [-0.1, -0.05) is 42.3 Å². The molecule has 19 heavy (non-hydrogen) atoms. The van der Waals surface area contributed by atoms with Crippen LogP contribution in [0, 0.1) is 5.41 Å². The third-order valence-corrected chi connectivity index (χ3v) is 5.11. The number of thiol groups is 1. The molecule has 2 aromatic carbocycles. The summed E-state index contributed by atoms with van der Waals surface area (Å²) in [7, 11) is 0. The highest BCUT2D eigenvalue weighted by atomic mass is 35.5. The van der Waals surface area contributed by atoms with Crippen molar-refractivity contribution in [2.24, 2.45) is 5.41 Å². The Balaban J connectivity index is 1.87. The van der Waals surface area contributed by atoms with Crippen molar-refractivity contribution in [3.63, 3.8) is 0 Å². The van der Waals surface area contributed by atoms with Crippen LogP contribution in [-0.4, -0.2) is 12.4 Å². The number of fused-ring (bicyclic) bond motifs is 1. The Labute approximate surface area is 124 Å². The molecule has 0 N–H and O–H groups in total. The quantitative estimate of drug-likeness (QED) is 0.783.